The van der Waals surface area contributed by atoms with Gasteiger partial charge in [-0.05, 0) is 52.4 Å². The highest BCUT2D eigenvalue weighted by atomic mass is 16.1. The van der Waals surface area contributed by atoms with E-state index in [9.17, 15) is 4.79 Å². The molecule has 4 nitrogen and oxygen atoms in total. The van der Waals surface area contributed by atoms with Crippen LogP contribution in [0.25, 0.3) is 0 Å². The summed E-state index contributed by atoms with van der Waals surface area (Å²) in [7, 11) is 3.84. The Labute approximate surface area is 105 Å². The molecule has 0 aromatic heterocycles. The van der Waals surface area contributed by atoms with E-state index in [2.05, 4.69) is 22.6 Å². The third kappa shape index (κ3) is 6.64. The molecule has 0 bridgehead atoms. The molecular formula is C13H27N3O. The highest BCUT2D eigenvalue weighted by molar-refractivity contribution is 5.75. The number of rotatable bonds is 7. The van der Waals surface area contributed by atoms with Crippen LogP contribution in [-0.2, 0) is 4.79 Å². The third-order valence-corrected chi connectivity index (χ3v) is 3.49. The molecule has 1 aliphatic rings. The first-order chi connectivity index (χ1) is 8.22. The molecule has 0 aliphatic carbocycles. The lowest BCUT2D eigenvalue weighted by molar-refractivity contribution is -0.120. The van der Waals surface area contributed by atoms with Crippen LogP contribution in [0.1, 0.15) is 38.5 Å². The van der Waals surface area contributed by atoms with E-state index in [1.807, 2.05) is 0 Å². The zero-order valence-electron chi connectivity index (χ0n) is 11.3. The standard InChI is InChI=1S/C13H27N3O/c1-14-13(17)7-5-10-16(2)11-8-12-6-3-4-9-15-12/h12,15H,3-11H2,1-2H3,(H,14,17). The van der Waals surface area contributed by atoms with Gasteiger partial charge in [0.1, 0.15) is 0 Å². The Balaban J connectivity index is 2.00. The van der Waals surface area contributed by atoms with Crippen molar-refractivity contribution in [1.29, 1.82) is 0 Å². The topological polar surface area (TPSA) is 44.4 Å². The molecular weight excluding hydrogens is 214 g/mol. The molecule has 1 rings (SSSR count). The van der Waals surface area contributed by atoms with Gasteiger partial charge in [-0.3, -0.25) is 4.79 Å². The molecule has 0 aromatic rings. The van der Waals surface area contributed by atoms with E-state index in [4.69, 9.17) is 0 Å². The summed E-state index contributed by atoms with van der Waals surface area (Å²) in [6.07, 6.45) is 6.86. The maximum Gasteiger partial charge on any atom is 0.219 e. The van der Waals surface area contributed by atoms with Gasteiger partial charge >= 0.3 is 0 Å². The van der Waals surface area contributed by atoms with Crippen LogP contribution in [0.3, 0.4) is 0 Å². The van der Waals surface area contributed by atoms with Crippen molar-refractivity contribution < 1.29 is 4.79 Å². The van der Waals surface area contributed by atoms with Gasteiger partial charge in [-0.15, -0.1) is 0 Å². The Morgan fingerprint density at radius 2 is 2.24 bits per heavy atom. The summed E-state index contributed by atoms with van der Waals surface area (Å²) in [4.78, 5) is 13.4. The van der Waals surface area contributed by atoms with Gasteiger partial charge in [0.05, 0.1) is 0 Å². The molecule has 1 unspecified atom stereocenters. The molecule has 2 N–H and O–H groups in total. The fraction of sp³-hybridized carbons (Fsp3) is 0.923. The van der Waals surface area contributed by atoms with Gasteiger partial charge in [-0.25, -0.2) is 0 Å². The zero-order chi connectivity index (χ0) is 12.5. The first kappa shape index (κ1) is 14.5. The highest BCUT2D eigenvalue weighted by Crippen LogP contribution is 2.10. The van der Waals surface area contributed by atoms with Crippen molar-refractivity contribution in [1.82, 2.24) is 15.5 Å². The quantitative estimate of drug-likeness (QED) is 0.698. The Morgan fingerprint density at radius 1 is 1.41 bits per heavy atom. The third-order valence-electron chi connectivity index (χ3n) is 3.49. The smallest absolute Gasteiger partial charge is 0.219 e. The second kappa shape index (κ2) is 8.48. The second-order valence-corrected chi connectivity index (χ2v) is 5.02. The highest BCUT2D eigenvalue weighted by Gasteiger charge is 2.12. The second-order valence-electron chi connectivity index (χ2n) is 5.02. The number of carbonyl (C=O) groups excluding carboxylic acids is 1. The summed E-state index contributed by atoms with van der Waals surface area (Å²) in [5.74, 6) is 0.146. The van der Waals surface area contributed by atoms with E-state index in [1.54, 1.807) is 7.05 Å². The molecule has 1 saturated heterocycles. The number of piperidine rings is 1. The van der Waals surface area contributed by atoms with Crippen molar-refractivity contribution in [3.05, 3.63) is 0 Å². The van der Waals surface area contributed by atoms with Crippen LogP contribution in [0, 0.1) is 0 Å². The average Bonchev–Trinajstić information content (AvgIpc) is 2.37. The fourth-order valence-corrected chi connectivity index (χ4v) is 2.29. The van der Waals surface area contributed by atoms with Crippen molar-refractivity contribution in [3.8, 4) is 0 Å². The van der Waals surface area contributed by atoms with Crippen LogP contribution in [0.15, 0.2) is 0 Å². The van der Waals surface area contributed by atoms with Crippen LogP contribution in [0.2, 0.25) is 0 Å². The number of amides is 1. The Bertz CT molecular complexity index is 215. The lowest BCUT2D eigenvalue weighted by atomic mass is 10.0. The lowest BCUT2D eigenvalue weighted by Gasteiger charge is -2.25. The molecule has 100 valence electrons. The Hall–Kier alpha value is -0.610. The predicted molar refractivity (Wildman–Crippen MR) is 71.1 cm³/mol. The monoisotopic (exact) mass is 241 g/mol. The van der Waals surface area contributed by atoms with E-state index < -0.39 is 0 Å². The fourth-order valence-electron chi connectivity index (χ4n) is 2.29. The van der Waals surface area contributed by atoms with E-state index in [0.717, 1.165) is 19.5 Å². The molecule has 1 heterocycles. The maximum absolute atomic E-state index is 11.1. The molecule has 1 amide bonds. The molecule has 0 saturated carbocycles. The average molecular weight is 241 g/mol. The van der Waals surface area contributed by atoms with Crippen LogP contribution < -0.4 is 10.6 Å². The zero-order valence-corrected chi connectivity index (χ0v) is 11.3. The number of hydrogen-bond donors (Lipinski definition) is 2. The molecule has 1 atom stereocenters. The van der Waals surface area contributed by atoms with E-state index in [0.29, 0.717) is 12.5 Å². The largest absolute Gasteiger partial charge is 0.359 e. The minimum atomic E-state index is 0.146. The number of nitrogens with one attached hydrogen (secondary N) is 2. The molecule has 0 radical (unpaired) electrons. The van der Waals surface area contributed by atoms with Gasteiger partial charge in [0, 0.05) is 19.5 Å². The van der Waals surface area contributed by atoms with Gasteiger partial charge < -0.3 is 15.5 Å². The van der Waals surface area contributed by atoms with Crippen LogP contribution in [-0.4, -0.2) is 50.6 Å². The summed E-state index contributed by atoms with van der Waals surface area (Å²) >= 11 is 0. The normalized spacial score (nSPS) is 20.5. The van der Waals surface area contributed by atoms with Gasteiger partial charge in [-0.2, -0.15) is 0 Å². The lowest BCUT2D eigenvalue weighted by Crippen LogP contribution is -2.37. The van der Waals surface area contributed by atoms with E-state index >= 15 is 0 Å². The number of nitrogens with zero attached hydrogens (tertiary/aromatic N) is 1. The molecule has 0 spiro atoms. The number of carbonyl (C=O) groups is 1. The van der Waals surface area contributed by atoms with Crippen molar-refractivity contribution >= 4 is 5.91 Å². The van der Waals surface area contributed by atoms with Crippen LogP contribution in [0.4, 0.5) is 0 Å². The van der Waals surface area contributed by atoms with Crippen molar-refractivity contribution in [2.24, 2.45) is 0 Å². The summed E-state index contributed by atoms with van der Waals surface area (Å²) in [5, 5.41) is 6.22. The predicted octanol–water partition coefficient (Wildman–Crippen LogP) is 0.977. The van der Waals surface area contributed by atoms with Crippen molar-refractivity contribution in [2.45, 2.75) is 44.6 Å². The molecule has 17 heavy (non-hydrogen) atoms. The minimum Gasteiger partial charge on any atom is -0.359 e. The summed E-state index contributed by atoms with van der Waals surface area (Å²) < 4.78 is 0. The van der Waals surface area contributed by atoms with E-state index in [1.165, 1.54) is 32.2 Å². The van der Waals surface area contributed by atoms with Gasteiger partial charge in [0.2, 0.25) is 5.91 Å². The van der Waals surface area contributed by atoms with Crippen LogP contribution in [0.5, 0.6) is 0 Å². The first-order valence-electron chi connectivity index (χ1n) is 6.85. The SMILES string of the molecule is CNC(=O)CCCN(C)CCC1CCCCN1. The molecule has 1 aliphatic heterocycles. The van der Waals surface area contributed by atoms with Gasteiger partial charge in [0.25, 0.3) is 0 Å². The van der Waals surface area contributed by atoms with Gasteiger partial charge in [-0.1, -0.05) is 6.42 Å². The first-order valence-corrected chi connectivity index (χ1v) is 6.85. The summed E-state index contributed by atoms with van der Waals surface area (Å²) in [6.45, 7) is 3.33. The molecule has 0 aromatic carbocycles. The molecule has 4 heteroatoms. The van der Waals surface area contributed by atoms with Crippen LogP contribution >= 0.6 is 0 Å². The summed E-state index contributed by atoms with van der Waals surface area (Å²) in [6, 6.07) is 0.713. The van der Waals surface area contributed by atoms with E-state index in [-0.39, 0.29) is 5.91 Å². The minimum absolute atomic E-state index is 0.146. The van der Waals surface area contributed by atoms with Crippen molar-refractivity contribution in [3.63, 3.8) is 0 Å². The Morgan fingerprint density at radius 3 is 2.88 bits per heavy atom. The summed E-state index contributed by atoms with van der Waals surface area (Å²) in [5.41, 5.74) is 0. The maximum atomic E-state index is 11.1. The Kier molecular flexibility index (Phi) is 7.21. The molecule has 1 fully saturated rings. The number of hydrogen-bond acceptors (Lipinski definition) is 3. The van der Waals surface area contributed by atoms with Gasteiger partial charge in [0.15, 0.2) is 0 Å². The van der Waals surface area contributed by atoms with Crippen molar-refractivity contribution in [2.75, 3.05) is 33.7 Å².